The predicted molar refractivity (Wildman–Crippen MR) is 79.1 cm³/mol. The van der Waals surface area contributed by atoms with Gasteiger partial charge in [-0.25, -0.2) is 0 Å². The molecule has 0 N–H and O–H groups in total. The van der Waals surface area contributed by atoms with Crippen LogP contribution in [0.4, 0.5) is 5.69 Å². The van der Waals surface area contributed by atoms with Crippen molar-refractivity contribution in [1.82, 2.24) is 0 Å². The maximum absolute atomic E-state index is 2.77. The first-order valence-corrected chi connectivity index (χ1v) is 10.4. The molecule has 0 atom stereocenters. The second-order valence-electron chi connectivity index (χ2n) is 6.17. The Bertz CT molecular complexity index is 336. The molecule has 1 aliphatic carbocycles. The van der Waals surface area contributed by atoms with Gasteiger partial charge in [0.2, 0.25) is 0 Å². The van der Waals surface area contributed by atoms with E-state index in [1.54, 1.807) is 0 Å². The molecule has 1 aromatic rings. The number of hydrogen-bond donors (Lipinski definition) is 0. The fraction of sp³-hybridized carbons (Fsp3) is 0.600. The predicted octanol–water partition coefficient (Wildman–Crippen LogP) is 4.66. The quantitative estimate of drug-likeness (QED) is 0.702. The van der Waals surface area contributed by atoms with Crippen molar-refractivity contribution in [3.63, 3.8) is 0 Å². The van der Waals surface area contributed by atoms with Crippen LogP contribution < -0.4 is 4.57 Å². The average Bonchev–Trinajstić information content (AvgIpc) is 2.30. The summed E-state index contributed by atoms with van der Waals surface area (Å²) in [6.07, 6.45) is 7.04. The van der Waals surface area contributed by atoms with Gasteiger partial charge in [-0.05, 0) is 25.0 Å². The highest BCUT2D eigenvalue weighted by molar-refractivity contribution is 6.79. The van der Waals surface area contributed by atoms with Gasteiger partial charge in [0.25, 0.3) is 0 Å². The first-order valence-electron chi connectivity index (χ1n) is 6.93. The van der Waals surface area contributed by atoms with Crippen LogP contribution in [0.3, 0.4) is 0 Å². The summed E-state index contributed by atoms with van der Waals surface area (Å²) in [6.45, 7) is 7.40. The molecule has 0 spiro atoms. The van der Waals surface area contributed by atoms with Gasteiger partial charge in [0, 0.05) is 11.7 Å². The maximum atomic E-state index is 2.77. The number of rotatable bonds is 3. The van der Waals surface area contributed by atoms with Crippen molar-refractivity contribution >= 4 is 13.9 Å². The van der Waals surface area contributed by atoms with Crippen LogP contribution in [0.1, 0.15) is 32.1 Å². The molecule has 0 heterocycles. The van der Waals surface area contributed by atoms with Crippen LogP contribution in [-0.4, -0.2) is 14.3 Å². The normalized spacial score (nSPS) is 18.1. The van der Waals surface area contributed by atoms with Crippen LogP contribution >= 0.6 is 0 Å². The molecule has 2 rings (SSSR count). The van der Waals surface area contributed by atoms with Gasteiger partial charge in [0.1, 0.15) is 8.24 Å². The highest BCUT2D eigenvalue weighted by Gasteiger charge is 2.31. The molecule has 1 aliphatic rings. The van der Waals surface area contributed by atoms with Gasteiger partial charge >= 0.3 is 0 Å². The summed E-state index contributed by atoms with van der Waals surface area (Å²) >= 11 is 0. The van der Waals surface area contributed by atoms with Crippen LogP contribution in [0.5, 0.6) is 0 Å². The lowest BCUT2D eigenvalue weighted by molar-refractivity contribution is 0.440. The highest BCUT2D eigenvalue weighted by Crippen LogP contribution is 2.31. The molecule has 0 radical (unpaired) electrons. The standard InChI is InChI=1S/C15H25NSi/c1-17(2,3)16(14-10-6-4-7-11-14)15-12-8-5-9-13-15/h4,6-7,10-11,15H,5,8-9,12-13H2,1-3H3. The van der Waals surface area contributed by atoms with E-state index in [-0.39, 0.29) is 0 Å². The zero-order chi connectivity index (χ0) is 12.3. The van der Waals surface area contributed by atoms with E-state index >= 15 is 0 Å². The fourth-order valence-corrected chi connectivity index (χ4v) is 5.35. The Labute approximate surface area is 107 Å². The minimum atomic E-state index is -1.28. The van der Waals surface area contributed by atoms with E-state index in [0.717, 1.165) is 6.04 Å². The molecule has 1 saturated carbocycles. The van der Waals surface area contributed by atoms with Crippen molar-refractivity contribution in [2.75, 3.05) is 4.57 Å². The highest BCUT2D eigenvalue weighted by atomic mass is 28.3. The lowest BCUT2D eigenvalue weighted by atomic mass is 9.95. The number of benzene rings is 1. The topological polar surface area (TPSA) is 3.24 Å². The second-order valence-corrected chi connectivity index (χ2v) is 11.0. The third-order valence-electron chi connectivity index (χ3n) is 3.70. The molecular formula is C15H25NSi. The molecule has 0 saturated heterocycles. The van der Waals surface area contributed by atoms with Crippen LogP contribution in [0.2, 0.25) is 19.6 Å². The molecule has 0 aliphatic heterocycles. The van der Waals surface area contributed by atoms with Crippen LogP contribution in [0.25, 0.3) is 0 Å². The molecule has 2 heteroatoms. The lowest BCUT2D eigenvalue weighted by Gasteiger charge is -2.44. The van der Waals surface area contributed by atoms with Crippen LogP contribution in [0, 0.1) is 0 Å². The second kappa shape index (κ2) is 5.26. The molecule has 1 nitrogen and oxygen atoms in total. The third kappa shape index (κ3) is 3.12. The molecule has 0 unspecified atom stereocenters. The minimum Gasteiger partial charge on any atom is -0.395 e. The van der Waals surface area contributed by atoms with Crippen molar-refractivity contribution in [3.05, 3.63) is 30.3 Å². The SMILES string of the molecule is C[Si](C)(C)N(c1ccccc1)C1CCCCC1. The van der Waals surface area contributed by atoms with Gasteiger partial charge < -0.3 is 4.57 Å². The lowest BCUT2D eigenvalue weighted by Crippen LogP contribution is -2.53. The maximum Gasteiger partial charge on any atom is 0.147 e. The summed E-state index contributed by atoms with van der Waals surface area (Å²) in [6, 6.07) is 11.8. The molecule has 0 bridgehead atoms. The Morgan fingerprint density at radius 2 is 1.53 bits per heavy atom. The van der Waals surface area contributed by atoms with E-state index in [1.807, 2.05) is 0 Å². The number of anilines is 1. The Balaban J connectivity index is 2.25. The van der Waals surface area contributed by atoms with E-state index in [1.165, 1.54) is 37.8 Å². The molecule has 0 aromatic heterocycles. The van der Waals surface area contributed by atoms with E-state index in [9.17, 15) is 0 Å². The van der Waals surface area contributed by atoms with Gasteiger partial charge in [-0.3, -0.25) is 0 Å². The first-order chi connectivity index (χ1) is 8.09. The van der Waals surface area contributed by atoms with Crippen molar-refractivity contribution in [2.45, 2.75) is 57.8 Å². The average molecular weight is 247 g/mol. The summed E-state index contributed by atoms with van der Waals surface area (Å²) in [5, 5.41) is 0. The Morgan fingerprint density at radius 3 is 2.06 bits per heavy atom. The Hall–Kier alpha value is -0.763. The number of para-hydroxylation sites is 1. The first kappa shape index (κ1) is 12.7. The zero-order valence-electron chi connectivity index (χ0n) is 11.4. The largest absolute Gasteiger partial charge is 0.395 e. The van der Waals surface area contributed by atoms with E-state index in [2.05, 4.69) is 54.5 Å². The van der Waals surface area contributed by atoms with E-state index in [0.29, 0.717) is 0 Å². The molecule has 17 heavy (non-hydrogen) atoms. The molecule has 94 valence electrons. The van der Waals surface area contributed by atoms with Crippen molar-refractivity contribution in [3.8, 4) is 0 Å². The van der Waals surface area contributed by atoms with E-state index < -0.39 is 8.24 Å². The van der Waals surface area contributed by atoms with Crippen LogP contribution in [-0.2, 0) is 0 Å². The summed E-state index contributed by atoms with van der Waals surface area (Å²) in [7, 11) is -1.28. The monoisotopic (exact) mass is 247 g/mol. The molecule has 1 aromatic carbocycles. The van der Waals surface area contributed by atoms with Crippen molar-refractivity contribution < 1.29 is 0 Å². The van der Waals surface area contributed by atoms with Crippen LogP contribution in [0.15, 0.2) is 30.3 Å². The van der Waals surface area contributed by atoms with Gasteiger partial charge in [0.15, 0.2) is 0 Å². The summed E-state index contributed by atoms with van der Waals surface area (Å²) in [5.41, 5.74) is 1.44. The number of nitrogens with zero attached hydrogens (tertiary/aromatic N) is 1. The summed E-state index contributed by atoms with van der Waals surface area (Å²) in [5.74, 6) is 0. The third-order valence-corrected chi connectivity index (χ3v) is 5.77. The van der Waals surface area contributed by atoms with Gasteiger partial charge in [0.05, 0.1) is 0 Å². The van der Waals surface area contributed by atoms with Crippen molar-refractivity contribution in [2.24, 2.45) is 0 Å². The fourth-order valence-electron chi connectivity index (χ4n) is 3.07. The molecule has 1 fully saturated rings. The van der Waals surface area contributed by atoms with Gasteiger partial charge in [-0.1, -0.05) is 57.1 Å². The molecular weight excluding hydrogens is 222 g/mol. The van der Waals surface area contributed by atoms with Gasteiger partial charge in [-0.2, -0.15) is 0 Å². The van der Waals surface area contributed by atoms with Crippen molar-refractivity contribution in [1.29, 1.82) is 0 Å². The van der Waals surface area contributed by atoms with E-state index in [4.69, 9.17) is 0 Å². The summed E-state index contributed by atoms with van der Waals surface area (Å²) in [4.78, 5) is 0. The summed E-state index contributed by atoms with van der Waals surface area (Å²) < 4.78 is 2.77. The Kier molecular flexibility index (Phi) is 3.92. The minimum absolute atomic E-state index is 0.790. The molecule has 0 amide bonds. The van der Waals surface area contributed by atoms with Gasteiger partial charge in [-0.15, -0.1) is 0 Å². The Morgan fingerprint density at radius 1 is 0.941 bits per heavy atom. The number of hydrogen-bond acceptors (Lipinski definition) is 1. The zero-order valence-corrected chi connectivity index (χ0v) is 12.4. The smallest absolute Gasteiger partial charge is 0.147 e.